The van der Waals surface area contributed by atoms with Crippen LogP contribution in [0.3, 0.4) is 0 Å². The van der Waals surface area contributed by atoms with Crippen LogP contribution in [0.25, 0.3) is 0 Å². The number of carbonyl (C=O) groups excluding carboxylic acids is 2. The van der Waals surface area contributed by atoms with Crippen molar-refractivity contribution in [2.45, 2.75) is 64.5 Å². The maximum atomic E-state index is 12.0. The Kier molecular flexibility index (Phi) is 16.1. The number of hydrogen-bond acceptors (Lipinski definition) is 5. The van der Waals surface area contributed by atoms with Crippen LogP contribution in [-0.4, -0.2) is 70.9 Å². The van der Waals surface area contributed by atoms with E-state index < -0.39 is 24.0 Å². The fraction of sp³-hybridized carbons (Fsp3) is 0.737. The molecule has 0 heterocycles. The van der Waals surface area contributed by atoms with Crippen LogP contribution in [0.15, 0.2) is 12.7 Å². The summed E-state index contributed by atoms with van der Waals surface area (Å²) < 4.78 is -0.349. The van der Waals surface area contributed by atoms with E-state index in [0.717, 1.165) is 19.3 Å². The van der Waals surface area contributed by atoms with E-state index in [0.29, 0.717) is 6.42 Å². The Bertz CT molecular complexity index is 479. The van der Waals surface area contributed by atoms with Gasteiger partial charge in [-0.1, -0.05) is 19.9 Å². The smallest absolute Gasteiger partial charge is 0.544 e. The van der Waals surface area contributed by atoms with Crippen molar-refractivity contribution in [3.05, 3.63) is 12.7 Å². The Labute approximate surface area is 179 Å². The first-order valence-corrected chi connectivity index (χ1v) is 9.59. The molecule has 0 aliphatic rings. The molecule has 9 heteroatoms. The molecule has 3 atom stereocenters. The maximum Gasteiger partial charge on any atom is 1.00 e. The van der Waals surface area contributed by atoms with E-state index in [-0.39, 0.29) is 68.3 Å². The Balaban J connectivity index is 0. The third-order valence-corrected chi connectivity index (χ3v) is 5.00. The standard InChI is InChI=1S/C19H34N2O6.Li/c1-4-7-8-9-10-17(23)20-11-12-21(13-14-22,15(5-2)18(24)25)16(6-3)19(26)27;/h4,15-16,22H,1,5-14H2,2-3H3,(H2-,20,23,24,25,26,27);/q;+1. The van der Waals surface area contributed by atoms with Crippen LogP contribution in [0, 0.1) is 0 Å². The molecule has 0 rings (SSSR count). The van der Waals surface area contributed by atoms with Gasteiger partial charge < -0.3 is 29.9 Å². The molecule has 0 spiro atoms. The van der Waals surface area contributed by atoms with Gasteiger partial charge in [0.2, 0.25) is 5.91 Å². The molecule has 28 heavy (non-hydrogen) atoms. The van der Waals surface area contributed by atoms with E-state index in [4.69, 9.17) is 0 Å². The Morgan fingerprint density at radius 3 is 2.18 bits per heavy atom. The molecule has 0 aromatic carbocycles. The van der Waals surface area contributed by atoms with Crippen molar-refractivity contribution in [3.63, 3.8) is 0 Å². The van der Waals surface area contributed by atoms with Crippen molar-refractivity contribution in [2.24, 2.45) is 0 Å². The molecule has 3 N–H and O–H groups in total. The van der Waals surface area contributed by atoms with E-state index in [1.165, 1.54) is 0 Å². The topological polar surface area (TPSA) is 127 Å². The summed E-state index contributed by atoms with van der Waals surface area (Å²) in [5.74, 6) is -2.63. The van der Waals surface area contributed by atoms with Gasteiger partial charge in [0, 0.05) is 19.3 Å². The van der Waals surface area contributed by atoms with Crippen LogP contribution in [0.1, 0.15) is 52.4 Å². The van der Waals surface area contributed by atoms with Gasteiger partial charge in [-0.05, 0) is 19.3 Å². The van der Waals surface area contributed by atoms with Gasteiger partial charge in [0.25, 0.3) is 0 Å². The minimum absolute atomic E-state index is 0. The molecular weight excluding hydrogens is 359 g/mol. The van der Waals surface area contributed by atoms with Gasteiger partial charge in [-0.2, -0.15) is 0 Å². The first kappa shape index (κ1) is 28.9. The van der Waals surface area contributed by atoms with E-state index in [2.05, 4.69) is 11.9 Å². The molecule has 1 amide bonds. The second-order valence-corrected chi connectivity index (χ2v) is 6.66. The van der Waals surface area contributed by atoms with Gasteiger partial charge in [0.15, 0.2) is 6.04 Å². The fourth-order valence-corrected chi connectivity index (χ4v) is 3.70. The number of allylic oxidation sites excluding steroid dienone is 1. The average Bonchev–Trinajstić information content (AvgIpc) is 2.59. The molecule has 0 fully saturated rings. The molecule has 156 valence electrons. The molecule has 0 saturated heterocycles. The number of nitrogens with zero attached hydrogens (tertiary/aromatic N) is 1. The summed E-state index contributed by atoms with van der Waals surface area (Å²) >= 11 is 0. The van der Waals surface area contributed by atoms with Crippen molar-refractivity contribution in [1.82, 2.24) is 5.32 Å². The summed E-state index contributed by atoms with van der Waals surface area (Å²) in [4.78, 5) is 35.4. The summed E-state index contributed by atoms with van der Waals surface area (Å²) in [6.07, 6.45) is 4.93. The Morgan fingerprint density at radius 2 is 1.75 bits per heavy atom. The van der Waals surface area contributed by atoms with Gasteiger partial charge in [0.1, 0.15) is 12.6 Å². The van der Waals surface area contributed by atoms with Crippen LogP contribution >= 0.6 is 0 Å². The van der Waals surface area contributed by atoms with Gasteiger partial charge in [-0.3, -0.25) is 4.79 Å². The summed E-state index contributed by atoms with van der Waals surface area (Å²) in [7, 11) is 0. The van der Waals surface area contributed by atoms with Crippen LogP contribution in [0.4, 0.5) is 0 Å². The van der Waals surface area contributed by atoms with Crippen LogP contribution in [0.5, 0.6) is 0 Å². The first-order chi connectivity index (χ1) is 12.8. The van der Waals surface area contributed by atoms with Crippen molar-refractivity contribution in [1.29, 1.82) is 0 Å². The zero-order valence-electron chi connectivity index (χ0n) is 17.5. The Hall–Kier alpha value is -1.33. The van der Waals surface area contributed by atoms with E-state index in [1.54, 1.807) is 19.9 Å². The SMILES string of the molecule is C=CCCCCC(=O)NCC[N+](CCO)(C(CC)C(=O)[O-])C(CC)C(=O)O.[Li+]. The number of unbranched alkanes of at least 4 members (excludes halogenated alkanes) is 2. The number of carboxylic acid groups (broad SMARTS) is 2. The number of carbonyl (C=O) groups is 3. The number of aliphatic hydroxyl groups is 1. The van der Waals surface area contributed by atoms with Crippen LogP contribution in [0.2, 0.25) is 0 Å². The maximum absolute atomic E-state index is 12.0. The van der Waals surface area contributed by atoms with Crippen LogP contribution < -0.4 is 29.3 Å². The van der Waals surface area contributed by atoms with Gasteiger partial charge in [-0.25, -0.2) is 4.79 Å². The summed E-state index contributed by atoms with van der Waals surface area (Å²) in [6, 6.07) is -2.09. The third-order valence-electron chi connectivity index (χ3n) is 5.00. The van der Waals surface area contributed by atoms with Crippen molar-refractivity contribution >= 4 is 17.8 Å². The number of rotatable bonds is 16. The second-order valence-electron chi connectivity index (χ2n) is 6.66. The molecule has 0 aliphatic heterocycles. The molecule has 0 aromatic heterocycles. The van der Waals surface area contributed by atoms with Crippen molar-refractivity contribution in [3.8, 4) is 0 Å². The number of quaternary nitrogens is 1. The van der Waals surface area contributed by atoms with E-state index >= 15 is 0 Å². The monoisotopic (exact) mass is 393 g/mol. The average molecular weight is 393 g/mol. The van der Waals surface area contributed by atoms with Gasteiger partial charge >= 0.3 is 24.8 Å². The largest absolute Gasteiger partial charge is 1.00 e. The molecule has 8 nitrogen and oxygen atoms in total. The number of aliphatic carboxylic acids is 2. The number of aliphatic hydroxyl groups excluding tert-OH is 1. The second kappa shape index (κ2) is 15.6. The minimum Gasteiger partial charge on any atom is -0.544 e. The Morgan fingerprint density at radius 1 is 1.14 bits per heavy atom. The summed E-state index contributed by atoms with van der Waals surface area (Å²) in [5, 5.41) is 33.6. The molecule has 0 aliphatic carbocycles. The molecule has 0 aromatic rings. The predicted molar refractivity (Wildman–Crippen MR) is 99.6 cm³/mol. The first-order valence-electron chi connectivity index (χ1n) is 9.59. The van der Waals surface area contributed by atoms with E-state index in [1.807, 2.05) is 0 Å². The molecule has 0 radical (unpaired) electrons. The normalized spacial score (nSPS) is 14.8. The quantitative estimate of drug-likeness (QED) is 0.111. The predicted octanol–water partition coefficient (Wildman–Crippen LogP) is -2.95. The molecule has 0 saturated carbocycles. The van der Waals surface area contributed by atoms with Crippen molar-refractivity contribution < 1.29 is 53.0 Å². The van der Waals surface area contributed by atoms with E-state index in [9.17, 15) is 29.7 Å². The number of amides is 1. The summed E-state index contributed by atoms with van der Waals surface area (Å²) in [6.45, 7) is 6.78. The molecule has 0 bridgehead atoms. The molecule has 3 unspecified atom stereocenters. The zero-order valence-corrected chi connectivity index (χ0v) is 17.5. The zero-order chi connectivity index (χ0) is 20.9. The van der Waals surface area contributed by atoms with Gasteiger partial charge in [-0.15, -0.1) is 6.58 Å². The molecular formula is C19H34LiN2O6+. The minimum atomic E-state index is -1.35. The van der Waals surface area contributed by atoms with Gasteiger partial charge in [0.05, 0.1) is 25.7 Å². The number of nitrogens with one attached hydrogen (secondary N) is 1. The van der Waals surface area contributed by atoms with Crippen LogP contribution in [-0.2, 0) is 14.4 Å². The third kappa shape index (κ3) is 8.78. The number of carboxylic acids is 2. The fourth-order valence-electron chi connectivity index (χ4n) is 3.70. The number of hydrogen-bond donors (Lipinski definition) is 3. The van der Waals surface area contributed by atoms with Crippen molar-refractivity contribution in [2.75, 3.05) is 26.2 Å². The summed E-state index contributed by atoms with van der Waals surface area (Å²) in [5.41, 5.74) is 0.